The molecule has 0 bridgehead atoms. The lowest BCUT2D eigenvalue weighted by atomic mass is 9.97. The Balaban J connectivity index is 1.60. The van der Waals surface area contributed by atoms with Crippen LogP contribution in [0.3, 0.4) is 0 Å². The number of aliphatic hydroxyl groups is 8. The van der Waals surface area contributed by atoms with Crippen molar-refractivity contribution in [1.29, 1.82) is 0 Å². The van der Waals surface area contributed by atoms with E-state index in [9.17, 15) is 45.6 Å². The smallest absolute Gasteiger partial charge is 0.220 e. The molecule has 2 saturated heterocycles. The van der Waals surface area contributed by atoms with E-state index in [2.05, 4.69) is 31.3 Å². The quantitative estimate of drug-likeness (QED) is 0.0204. The maximum Gasteiger partial charge on any atom is 0.220 e. The summed E-state index contributed by atoms with van der Waals surface area (Å²) in [5.74, 6) is -0.197. The summed E-state index contributed by atoms with van der Waals surface area (Å²) in [5.41, 5.74) is 0. The van der Waals surface area contributed by atoms with Gasteiger partial charge in [0, 0.05) is 6.42 Å². The van der Waals surface area contributed by atoms with E-state index < -0.39 is 86.8 Å². The zero-order valence-corrected chi connectivity index (χ0v) is 59.1. The van der Waals surface area contributed by atoms with Crippen molar-refractivity contribution in [2.45, 2.75) is 453 Å². The van der Waals surface area contributed by atoms with Crippen molar-refractivity contribution in [3.05, 3.63) is 12.2 Å². The number of aliphatic hydroxyl groups excluding tert-OH is 8. The van der Waals surface area contributed by atoms with Crippen LogP contribution in [-0.4, -0.2) is 140 Å². The molecule has 0 aromatic heterocycles. The molecule has 0 aliphatic carbocycles. The van der Waals surface area contributed by atoms with Crippen LogP contribution in [0.4, 0.5) is 0 Å². The Labute approximate surface area is 558 Å². The second-order valence-electron chi connectivity index (χ2n) is 28.2. The van der Waals surface area contributed by atoms with Gasteiger partial charge in [0.1, 0.15) is 48.8 Å². The number of unbranched alkanes of at least 4 members (excludes halogenated alkanes) is 52. The number of carbonyl (C=O) groups is 1. The molecule has 14 heteroatoms. The number of nitrogens with one attached hydrogen (secondary N) is 1. The van der Waals surface area contributed by atoms with E-state index in [1.807, 2.05) is 0 Å². The molecule has 2 rings (SSSR count). The van der Waals surface area contributed by atoms with E-state index in [0.29, 0.717) is 12.8 Å². The van der Waals surface area contributed by atoms with Crippen molar-refractivity contribution in [2.24, 2.45) is 0 Å². The van der Waals surface area contributed by atoms with Gasteiger partial charge in [0.2, 0.25) is 5.91 Å². The highest BCUT2D eigenvalue weighted by molar-refractivity contribution is 5.76. The van der Waals surface area contributed by atoms with Gasteiger partial charge < -0.3 is 65.1 Å². The van der Waals surface area contributed by atoms with Crippen LogP contribution in [0, 0.1) is 0 Å². The minimum absolute atomic E-state index is 0.197. The Morgan fingerprint density at radius 2 is 0.692 bits per heavy atom. The second-order valence-corrected chi connectivity index (χ2v) is 28.2. The molecule has 1 amide bonds. The summed E-state index contributed by atoms with van der Waals surface area (Å²) in [5, 5.41) is 87.8. The molecule has 91 heavy (non-hydrogen) atoms. The zero-order chi connectivity index (χ0) is 65.9. The monoisotopic (exact) mass is 1300 g/mol. The number of allylic oxidation sites excluding steroid dienone is 2. The first-order valence-corrected chi connectivity index (χ1v) is 39.4. The van der Waals surface area contributed by atoms with E-state index in [-0.39, 0.29) is 12.5 Å². The van der Waals surface area contributed by atoms with Crippen molar-refractivity contribution >= 4 is 5.91 Å². The fraction of sp³-hybridized carbons (Fsp3) is 0.961. The van der Waals surface area contributed by atoms with E-state index in [0.717, 1.165) is 51.4 Å². The number of hydrogen-bond acceptors (Lipinski definition) is 13. The first-order valence-electron chi connectivity index (χ1n) is 39.4. The van der Waals surface area contributed by atoms with Crippen molar-refractivity contribution < 1.29 is 64.6 Å². The van der Waals surface area contributed by atoms with E-state index >= 15 is 0 Å². The summed E-state index contributed by atoms with van der Waals surface area (Å²) in [7, 11) is 0. The molecule has 0 spiro atoms. The third-order valence-electron chi connectivity index (χ3n) is 19.7. The van der Waals surface area contributed by atoms with Gasteiger partial charge in [0.05, 0.1) is 32.0 Å². The van der Waals surface area contributed by atoms with E-state index in [4.69, 9.17) is 18.9 Å². The lowest BCUT2D eigenvalue weighted by Gasteiger charge is -2.46. The third kappa shape index (κ3) is 45.8. The SMILES string of the molecule is CCCCCCCCCC/C=C\CCCCCCCCCCCCCCCCCCCCCCCC(=O)NC(COC1OC(CO)C(OC2OC(CO)C(O)C(O)C2O)C(O)C1O)C(O)CCCCCCCCCCCCCCCCCCCCCCCCCC. The maximum absolute atomic E-state index is 13.4. The van der Waals surface area contributed by atoms with Gasteiger partial charge in [-0.2, -0.15) is 0 Å². The Hall–Kier alpha value is -1.27. The van der Waals surface area contributed by atoms with Gasteiger partial charge in [-0.05, 0) is 38.5 Å². The van der Waals surface area contributed by atoms with Crippen molar-refractivity contribution in [2.75, 3.05) is 19.8 Å². The highest BCUT2D eigenvalue weighted by Gasteiger charge is 2.51. The maximum atomic E-state index is 13.4. The van der Waals surface area contributed by atoms with Crippen LogP contribution in [0.2, 0.25) is 0 Å². The lowest BCUT2D eigenvalue weighted by Crippen LogP contribution is -2.65. The van der Waals surface area contributed by atoms with Gasteiger partial charge in [-0.15, -0.1) is 0 Å². The normalized spacial score (nSPS) is 22.7. The summed E-state index contributed by atoms with van der Waals surface area (Å²) in [6, 6.07) is -0.826. The minimum Gasteiger partial charge on any atom is -0.394 e. The van der Waals surface area contributed by atoms with Crippen LogP contribution in [0.1, 0.15) is 380 Å². The summed E-state index contributed by atoms with van der Waals surface area (Å²) in [4.78, 5) is 13.4. The number of carbonyl (C=O) groups excluding carboxylic acids is 1. The molecule has 12 atom stereocenters. The van der Waals surface area contributed by atoms with Crippen molar-refractivity contribution in [1.82, 2.24) is 5.32 Å². The molecule has 2 heterocycles. The molecule has 2 aliphatic rings. The average molecular weight is 1300 g/mol. The summed E-state index contributed by atoms with van der Waals surface area (Å²) < 4.78 is 23.0. The molecular formula is C77H149NO13. The molecule has 0 aromatic rings. The lowest BCUT2D eigenvalue weighted by molar-refractivity contribution is -0.359. The number of hydrogen-bond donors (Lipinski definition) is 9. The van der Waals surface area contributed by atoms with Crippen LogP contribution in [0.15, 0.2) is 12.2 Å². The molecule has 2 fully saturated rings. The van der Waals surface area contributed by atoms with Gasteiger partial charge in [-0.25, -0.2) is 0 Å². The van der Waals surface area contributed by atoms with Crippen LogP contribution in [0.25, 0.3) is 0 Å². The van der Waals surface area contributed by atoms with Gasteiger partial charge in [-0.1, -0.05) is 347 Å². The fourth-order valence-electron chi connectivity index (χ4n) is 13.5. The molecule has 540 valence electrons. The molecule has 0 radical (unpaired) electrons. The van der Waals surface area contributed by atoms with Gasteiger partial charge in [-0.3, -0.25) is 4.79 Å². The average Bonchev–Trinajstić information content (AvgIpc) is 1.28. The summed E-state index contributed by atoms with van der Waals surface area (Å²) in [6.07, 6.45) is 61.1. The molecule has 2 aliphatic heterocycles. The van der Waals surface area contributed by atoms with Crippen molar-refractivity contribution in [3.63, 3.8) is 0 Å². The molecule has 9 N–H and O–H groups in total. The van der Waals surface area contributed by atoms with Crippen molar-refractivity contribution in [3.8, 4) is 0 Å². The van der Waals surface area contributed by atoms with Crippen LogP contribution < -0.4 is 5.32 Å². The van der Waals surface area contributed by atoms with E-state index in [1.165, 1.54) is 302 Å². The minimum atomic E-state index is -1.78. The standard InChI is InChI=1S/C77H149NO13/c1-3-5-7-9-11-13-15-17-19-21-23-25-27-29-30-31-32-33-34-35-36-37-39-41-43-45-47-49-51-53-55-57-59-61-69(82)78-65(64-88-76-74(87)72(85)75(68(63-80)90-76)91-77-73(86)71(84)70(83)67(62-79)89-77)66(81)60-58-56-54-52-50-48-46-44-42-40-38-28-26-24-22-20-18-16-14-12-10-8-6-4-2/h21,23,65-68,70-77,79-81,83-87H,3-20,22,24-64H2,1-2H3,(H,78,82)/b23-21-. The van der Waals surface area contributed by atoms with Gasteiger partial charge in [0.15, 0.2) is 12.6 Å². The third-order valence-corrected chi connectivity index (χ3v) is 19.7. The zero-order valence-electron chi connectivity index (χ0n) is 59.1. The molecule has 0 saturated carbocycles. The molecule has 14 nitrogen and oxygen atoms in total. The van der Waals surface area contributed by atoms with E-state index in [1.54, 1.807) is 0 Å². The Morgan fingerprint density at radius 3 is 1.04 bits per heavy atom. The number of rotatable bonds is 67. The van der Waals surface area contributed by atoms with Crippen LogP contribution in [-0.2, 0) is 23.7 Å². The summed E-state index contributed by atoms with van der Waals surface area (Å²) >= 11 is 0. The highest BCUT2D eigenvalue weighted by Crippen LogP contribution is 2.30. The molecule has 12 unspecified atom stereocenters. The molecule has 0 aromatic carbocycles. The second kappa shape index (κ2) is 62.3. The molecular weight excluding hydrogens is 1150 g/mol. The van der Waals surface area contributed by atoms with Gasteiger partial charge >= 0.3 is 0 Å². The van der Waals surface area contributed by atoms with Gasteiger partial charge in [0.25, 0.3) is 0 Å². The largest absolute Gasteiger partial charge is 0.394 e. The Morgan fingerprint density at radius 1 is 0.385 bits per heavy atom. The topological polar surface area (TPSA) is 228 Å². The number of ether oxygens (including phenoxy) is 4. The number of amides is 1. The predicted molar refractivity (Wildman–Crippen MR) is 374 cm³/mol. The Kier molecular flexibility index (Phi) is 58.7. The summed E-state index contributed by atoms with van der Waals surface area (Å²) in [6.45, 7) is 2.93. The van der Waals surface area contributed by atoms with Crippen LogP contribution in [0.5, 0.6) is 0 Å². The van der Waals surface area contributed by atoms with Crippen LogP contribution >= 0.6 is 0 Å². The first kappa shape index (κ1) is 85.8. The fourth-order valence-corrected chi connectivity index (χ4v) is 13.5. The highest BCUT2D eigenvalue weighted by atomic mass is 16.7. The Bertz CT molecular complexity index is 1570. The first-order chi connectivity index (χ1) is 44.6. The predicted octanol–water partition coefficient (Wildman–Crippen LogP) is 17.3.